The second-order valence-electron chi connectivity index (χ2n) is 6.26. The van der Waals surface area contributed by atoms with E-state index in [-0.39, 0.29) is 0 Å². The first-order chi connectivity index (χ1) is 10.5. The number of carboxylic acids is 1. The number of hydroxylamine groups is 3. The molecule has 0 saturated carbocycles. The zero-order valence-corrected chi connectivity index (χ0v) is 13.9. The third kappa shape index (κ3) is 2.83. The van der Waals surface area contributed by atoms with Crippen LogP contribution in [-0.4, -0.2) is 34.9 Å². The zero-order valence-electron chi connectivity index (χ0n) is 13.0. The largest absolute Gasteiger partial charge is 0.477 e. The van der Waals surface area contributed by atoms with Crippen LogP contribution in [0.3, 0.4) is 0 Å². The quantitative estimate of drug-likeness (QED) is 0.854. The maximum absolute atomic E-state index is 11.1. The van der Waals surface area contributed by atoms with E-state index in [2.05, 4.69) is 13.8 Å². The normalized spacial score (nSPS) is 17.8. The van der Waals surface area contributed by atoms with Gasteiger partial charge in [0.25, 0.3) is 0 Å². The molecule has 0 unspecified atom stereocenters. The molecule has 0 aliphatic carbocycles. The predicted molar refractivity (Wildman–Crippen MR) is 88.4 cm³/mol. The smallest absolute Gasteiger partial charge is 0.345 e. The number of benzene rings is 1. The van der Waals surface area contributed by atoms with Crippen molar-refractivity contribution in [3.8, 4) is 5.75 Å². The van der Waals surface area contributed by atoms with E-state index in [0.717, 1.165) is 28.9 Å². The summed E-state index contributed by atoms with van der Waals surface area (Å²) in [5.41, 5.74) is 0. The summed E-state index contributed by atoms with van der Waals surface area (Å²) >= 11 is 1.30. The van der Waals surface area contributed by atoms with Gasteiger partial charge in [-0.05, 0) is 43.9 Å². The van der Waals surface area contributed by atoms with Gasteiger partial charge in [0, 0.05) is 23.6 Å². The highest BCUT2D eigenvalue weighted by Crippen LogP contribution is 2.32. The fraction of sp³-hybridized carbons (Fsp3) is 0.471. The topological polar surface area (TPSA) is 46.5 Å². The van der Waals surface area contributed by atoms with Gasteiger partial charge in [-0.25, -0.2) is 4.79 Å². The van der Waals surface area contributed by atoms with Gasteiger partial charge < -0.3 is 9.94 Å². The standard InChI is InChI=1S/C17H21NO3S/c1-12(2)18(8-4-3-5-9-18)21-14-7-6-13-10-16(17(19)20)22-15(13)11-14/h6-7,10-12H,3-5,8-9H2,1-2H3/p+1. The van der Waals surface area contributed by atoms with Crippen molar-refractivity contribution < 1.29 is 19.4 Å². The lowest BCUT2D eigenvalue weighted by atomic mass is 10.1. The molecule has 1 aromatic carbocycles. The van der Waals surface area contributed by atoms with Gasteiger partial charge in [-0.1, -0.05) is 0 Å². The van der Waals surface area contributed by atoms with E-state index in [1.165, 1.54) is 30.6 Å². The lowest BCUT2D eigenvalue weighted by Gasteiger charge is -2.41. The summed E-state index contributed by atoms with van der Waals surface area (Å²) in [5, 5.41) is 10.1. The van der Waals surface area contributed by atoms with Crippen molar-refractivity contribution in [1.29, 1.82) is 0 Å². The number of nitrogens with zero attached hydrogens (tertiary/aromatic N) is 1. The molecule has 1 aromatic heterocycles. The Labute approximate surface area is 134 Å². The van der Waals surface area contributed by atoms with Crippen LogP contribution >= 0.6 is 11.3 Å². The summed E-state index contributed by atoms with van der Waals surface area (Å²) in [6.07, 6.45) is 3.67. The van der Waals surface area contributed by atoms with E-state index < -0.39 is 5.97 Å². The number of fused-ring (bicyclic) bond motifs is 1. The molecule has 2 heterocycles. The third-order valence-electron chi connectivity index (χ3n) is 4.50. The second kappa shape index (κ2) is 5.89. The number of hydrogen-bond donors (Lipinski definition) is 1. The molecule has 2 aromatic rings. The highest BCUT2D eigenvalue weighted by atomic mass is 32.1. The van der Waals surface area contributed by atoms with Crippen LogP contribution in [0.25, 0.3) is 10.1 Å². The van der Waals surface area contributed by atoms with Gasteiger partial charge in [-0.15, -0.1) is 16.0 Å². The molecule has 0 atom stereocenters. The fourth-order valence-electron chi connectivity index (χ4n) is 3.14. The number of aromatic carboxylic acids is 1. The molecule has 0 bridgehead atoms. The molecular weight excluding hydrogens is 298 g/mol. The van der Waals surface area contributed by atoms with Crippen molar-refractivity contribution in [3.63, 3.8) is 0 Å². The molecule has 0 radical (unpaired) electrons. The molecular formula is C17H22NO3S+. The van der Waals surface area contributed by atoms with Crippen LogP contribution in [-0.2, 0) is 0 Å². The summed E-state index contributed by atoms with van der Waals surface area (Å²) in [6.45, 7) is 6.50. The summed E-state index contributed by atoms with van der Waals surface area (Å²) in [5.74, 6) is -0.0349. The number of rotatable bonds is 4. The lowest BCUT2D eigenvalue weighted by molar-refractivity contribution is -1.10. The number of likely N-dealkylation sites (tertiary alicyclic amines) is 1. The molecule has 1 N–H and O–H groups in total. The van der Waals surface area contributed by atoms with E-state index in [0.29, 0.717) is 15.6 Å². The molecule has 118 valence electrons. The minimum Gasteiger partial charge on any atom is -0.477 e. The van der Waals surface area contributed by atoms with Gasteiger partial charge in [0.2, 0.25) is 0 Å². The molecule has 0 spiro atoms. The van der Waals surface area contributed by atoms with Crippen molar-refractivity contribution in [2.75, 3.05) is 13.1 Å². The molecule has 1 saturated heterocycles. The predicted octanol–water partition coefficient (Wildman–Crippen LogP) is 4.30. The molecule has 3 rings (SSSR count). The second-order valence-corrected chi connectivity index (χ2v) is 7.34. The van der Waals surface area contributed by atoms with Gasteiger partial charge in [0.05, 0.1) is 0 Å². The first kappa shape index (κ1) is 15.3. The Balaban J connectivity index is 1.90. The first-order valence-electron chi connectivity index (χ1n) is 7.83. The highest BCUT2D eigenvalue weighted by Gasteiger charge is 2.36. The van der Waals surface area contributed by atoms with Crippen LogP contribution in [0.15, 0.2) is 24.3 Å². The summed E-state index contributed by atoms with van der Waals surface area (Å²) < 4.78 is 1.64. The number of carboxylic acid groups (broad SMARTS) is 1. The Kier molecular flexibility index (Phi) is 4.10. The van der Waals surface area contributed by atoms with Crippen molar-refractivity contribution in [3.05, 3.63) is 29.1 Å². The van der Waals surface area contributed by atoms with Crippen LogP contribution in [0.5, 0.6) is 5.75 Å². The minimum atomic E-state index is -0.870. The Bertz CT molecular complexity index is 686. The van der Waals surface area contributed by atoms with E-state index in [9.17, 15) is 4.79 Å². The third-order valence-corrected chi connectivity index (χ3v) is 5.59. The number of hydrogen-bond acceptors (Lipinski definition) is 3. The average molecular weight is 320 g/mol. The zero-order chi connectivity index (χ0) is 15.7. The average Bonchev–Trinajstić information content (AvgIpc) is 2.91. The molecule has 1 aliphatic rings. The first-order valence-corrected chi connectivity index (χ1v) is 8.65. The summed E-state index contributed by atoms with van der Waals surface area (Å²) in [4.78, 5) is 17.8. The van der Waals surface area contributed by atoms with E-state index in [4.69, 9.17) is 9.94 Å². The van der Waals surface area contributed by atoms with Gasteiger partial charge in [0.15, 0.2) is 5.75 Å². The Morgan fingerprint density at radius 2 is 1.95 bits per heavy atom. The Hall–Kier alpha value is -1.59. The number of thiophene rings is 1. The molecule has 22 heavy (non-hydrogen) atoms. The maximum atomic E-state index is 11.1. The SMILES string of the molecule is CC(C)[N+]1(Oc2ccc3cc(C(=O)O)sc3c2)CCCCC1. The van der Waals surface area contributed by atoms with Crippen molar-refractivity contribution >= 4 is 27.4 Å². The molecule has 1 fully saturated rings. The Morgan fingerprint density at radius 1 is 1.23 bits per heavy atom. The molecule has 1 aliphatic heterocycles. The van der Waals surface area contributed by atoms with Gasteiger partial charge in [-0.3, -0.25) is 0 Å². The summed E-state index contributed by atoms with van der Waals surface area (Å²) in [6, 6.07) is 8.02. The molecule has 5 heteroatoms. The van der Waals surface area contributed by atoms with Gasteiger partial charge in [0.1, 0.15) is 24.0 Å². The van der Waals surface area contributed by atoms with E-state index in [1.54, 1.807) is 6.07 Å². The van der Waals surface area contributed by atoms with Crippen LogP contribution in [0.2, 0.25) is 0 Å². The van der Waals surface area contributed by atoms with Crippen LogP contribution < -0.4 is 4.84 Å². The van der Waals surface area contributed by atoms with Crippen LogP contribution in [0, 0.1) is 0 Å². The van der Waals surface area contributed by atoms with E-state index >= 15 is 0 Å². The Morgan fingerprint density at radius 3 is 2.59 bits per heavy atom. The molecule has 0 amide bonds. The fourth-order valence-corrected chi connectivity index (χ4v) is 4.07. The number of piperidine rings is 1. The lowest BCUT2D eigenvalue weighted by Crippen LogP contribution is -2.58. The summed E-state index contributed by atoms with van der Waals surface area (Å²) in [7, 11) is 0. The number of carbonyl (C=O) groups is 1. The van der Waals surface area contributed by atoms with Gasteiger partial charge in [-0.2, -0.15) is 0 Å². The molecule has 4 nitrogen and oxygen atoms in total. The highest BCUT2D eigenvalue weighted by molar-refractivity contribution is 7.20. The van der Waals surface area contributed by atoms with Gasteiger partial charge >= 0.3 is 5.97 Å². The minimum absolute atomic E-state index is 0.373. The monoisotopic (exact) mass is 320 g/mol. The van der Waals surface area contributed by atoms with Crippen molar-refractivity contribution in [2.45, 2.75) is 39.2 Å². The van der Waals surface area contributed by atoms with Crippen molar-refractivity contribution in [2.24, 2.45) is 0 Å². The van der Waals surface area contributed by atoms with Crippen LogP contribution in [0.1, 0.15) is 42.8 Å². The van der Waals surface area contributed by atoms with Crippen LogP contribution in [0.4, 0.5) is 0 Å². The number of quaternary nitrogens is 1. The van der Waals surface area contributed by atoms with E-state index in [1.807, 2.05) is 18.2 Å². The maximum Gasteiger partial charge on any atom is 0.345 e. The van der Waals surface area contributed by atoms with Crippen molar-refractivity contribution in [1.82, 2.24) is 0 Å².